The lowest BCUT2D eigenvalue weighted by Crippen LogP contribution is -1.90. The predicted molar refractivity (Wildman–Crippen MR) is 53.0 cm³/mol. The molecule has 0 bridgehead atoms. The van der Waals surface area contributed by atoms with E-state index in [9.17, 15) is 4.39 Å². The van der Waals surface area contributed by atoms with Crippen LogP contribution in [0.1, 0.15) is 5.69 Å². The number of nitriles is 1. The van der Waals surface area contributed by atoms with Crippen LogP contribution in [0.25, 0.3) is 10.9 Å². The van der Waals surface area contributed by atoms with Crippen molar-refractivity contribution in [3.8, 4) is 11.8 Å². The zero-order valence-corrected chi connectivity index (χ0v) is 7.99. The SMILES string of the molecule is COc1cc2ccc(C#N)nc2cc1F. The molecule has 0 N–H and O–H groups in total. The van der Waals surface area contributed by atoms with Crippen molar-refractivity contribution in [1.82, 2.24) is 4.98 Å². The number of halogens is 1. The largest absolute Gasteiger partial charge is 0.494 e. The molecule has 1 aromatic heterocycles. The molecule has 0 aliphatic carbocycles. The van der Waals surface area contributed by atoms with Gasteiger partial charge < -0.3 is 4.74 Å². The molecule has 1 aromatic carbocycles. The normalized spacial score (nSPS) is 9.93. The molecule has 0 unspecified atom stereocenters. The van der Waals surface area contributed by atoms with E-state index in [-0.39, 0.29) is 11.4 Å². The van der Waals surface area contributed by atoms with Gasteiger partial charge in [-0.1, -0.05) is 0 Å². The Hall–Kier alpha value is -2.15. The van der Waals surface area contributed by atoms with Crippen molar-refractivity contribution in [2.45, 2.75) is 0 Å². The summed E-state index contributed by atoms with van der Waals surface area (Å²) in [6.07, 6.45) is 0. The Kier molecular flexibility index (Phi) is 2.22. The molecular weight excluding hydrogens is 195 g/mol. The molecule has 0 amide bonds. The van der Waals surface area contributed by atoms with Crippen LogP contribution in [0.5, 0.6) is 5.75 Å². The number of benzene rings is 1. The van der Waals surface area contributed by atoms with E-state index >= 15 is 0 Å². The summed E-state index contributed by atoms with van der Waals surface area (Å²) in [6.45, 7) is 0. The Labute approximate surface area is 85.7 Å². The van der Waals surface area contributed by atoms with Crippen molar-refractivity contribution in [2.75, 3.05) is 7.11 Å². The van der Waals surface area contributed by atoms with Crippen LogP contribution in [-0.4, -0.2) is 12.1 Å². The summed E-state index contributed by atoms with van der Waals surface area (Å²) in [6, 6.07) is 8.01. The fourth-order valence-electron chi connectivity index (χ4n) is 1.34. The van der Waals surface area contributed by atoms with Gasteiger partial charge in [0.05, 0.1) is 12.6 Å². The van der Waals surface area contributed by atoms with Gasteiger partial charge in [0.2, 0.25) is 0 Å². The fraction of sp³-hybridized carbons (Fsp3) is 0.0909. The molecule has 74 valence electrons. The minimum absolute atomic E-state index is 0.175. The maximum atomic E-state index is 13.3. The quantitative estimate of drug-likeness (QED) is 0.712. The molecule has 0 aliphatic heterocycles. The van der Waals surface area contributed by atoms with E-state index < -0.39 is 5.82 Å². The molecule has 1 heterocycles. The molecule has 3 nitrogen and oxygen atoms in total. The summed E-state index contributed by atoms with van der Waals surface area (Å²) in [4.78, 5) is 3.97. The lowest BCUT2D eigenvalue weighted by Gasteiger charge is -2.03. The maximum Gasteiger partial charge on any atom is 0.167 e. The third-order valence-electron chi connectivity index (χ3n) is 2.08. The highest BCUT2D eigenvalue weighted by Crippen LogP contribution is 2.23. The first-order chi connectivity index (χ1) is 7.24. The molecule has 0 saturated heterocycles. The van der Waals surface area contributed by atoms with Gasteiger partial charge in [0, 0.05) is 11.5 Å². The summed E-state index contributed by atoms with van der Waals surface area (Å²) in [5.41, 5.74) is 0.722. The van der Waals surface area contributed by atoms with Gasteiger partial charge in [0.1, 0.15) is 11.8 Å². The lowest BCUT2D eigenvalue weighted by molar-refractivity contribution is 0.387. The number of fused-ring (bicyclic) bond motifs is 1. The number of rotatable bonds is 1. The second kappa shape index (κ2) is 3.54. The zero-order valence-electron chi connectivity index (χ0n) is 7.99. The van der Waals surface area contributed by atoms with Gasteiger partial charge in [-0.2, -0.15) is 5.26 Å². The molecule has 2 aromatic rings. The summed E-state index contributed by atoms with van der Waals surface area (Å²) in [7, 11) is 1.40. The van der Waals surface area contributed by atoms with Crippen molar-refractivity contribution in [1.29, 1.82) is 5.26 Å². The van der Waals surface area contributed by atoms with Gasteiger partial charge in [0.25, 0.3) is 0 Å². The topological polar surface area (TPSA) is 45.9 Å². The maximum absolute atomic E-state index is 13.3. The summed E-state index contributed by atoms with van der Waals surface area (Å²) >= 11 is 0. The number of ether oxygens (including phenoxy) is 1. The molecule has 0 aliphatic rings. The molecule has 4 heteroatoms. The predicted octanol–water partition coefficient (Wildman–Crippen LogP) is 2.25. The fourth-order valence-corrected chi connectivity index (χ4v) is 1.34. The van der Waals surface area contributed by atoms with E-state index in [1.807, 2.05) is 6.07 Å². The third-order valence-corrected chi connectivity index (χ3v) is 2.08. The van der Waals surface area contributed by atoms with E-state index in [0.29, 0.717) is 5.52 Å². The molecule has 0 spiro atoms. The molecule has 2 rings (SSSR count). The molecule has 0 atom stereocenters. The van der Waals surface area contributed by atoms with Crippen LogP contribution in [0.4, 0.5) is 4.39 Å². The number of methoxy groups -OCH3 is 1. The monoisotopic (exact) mass is 202 g/mol. The van der Waals surface area contributed by atoms with Crippen molar-refractivity contribution in [2.24, 2.45) is 0 Å². The highest BCUT2D eigenvalue weighted by Gasteiger charge is 2.06. The Morgan fingerprint density at radius 3 is 2.87 bits per heavy atom. The van der Waals surface area contributed by atoms with Crippen LogP contribution in [0.15, 0.2) is 24.3 Å². The van der Waals surface area contributed by atoms with Gasteiger partial charge in [-0.15, -0.1) is 0 Å². The number of hydrogen-bond donors (Lipinski definition) is 0. The number of pyridine rings is 1. The average Bonchev–Trinajstić information content (AvgIpc) is 2.27. The van der Waals surface area contributed by atoms with Gasteiger partial charge in [-0.25, -0.2) is 9.37 Å². The molecular formula is C11H7FN2O. The minimum atomic E-state index is -0.479. The Balaban J connectivity index is 2.71. The smallest absolute Gasteiger partial charge is 0.167 e. The standard InChI is InChI=1S/C11H7FN2O/c1-15-11-4-7-2-3-8(6-13)14-10(7)5-9(11)12/h2-5H,1H3. The van der Waals surface area contributed by atoms with Gasteiger partial charge >= 0.3 is 0 Å². The Morgan fingerprint density at radius 1 is 1.40 bits per heavy atom. The van der Waals surface area contributed by atoms with E-state index in [1.165, 1.54) is 13.2 Å². The van der Waals surface area contributed by atoms with E-state index in [1.54, 1.807) is 18.2 Å². The third kappa shape index (κ3) is 1.59. The highest BCUT2D eigenvalue weighted by molar-refractivity contribution is 5.80. The summed E-state index contributed by atoms with van der Waals surface area (Å²) in [5, 5.41) is 9.38. The van der Waals surface area contributed by atoms with Crippen LogP contribution in [0.3, 0.4) is 0 Å². The van der Waals surface area contributed by atoms with Crippen LogP contribution in [0.2, 0.25) is 0 Å². The first kappa shape index (κ1) is 9.41. The van der Waals surface area contributed by atoms with Crippen molar-refractivity contribution >= 4 is 10.9 Å². The van der Waals surface area contributed by atoms with Crippen LogP contribution < -0.4 is 4.74 Å². The van der Waals surface area contributed by atoms with Crippen molar-refractivity contribution < 1.29 is 9.13 Å². The number of nitrogens with zero attached hydrogens (tertiary/aromatic N) is 2. The van der Waals surface area contributed by atoms with E-state index in [4.69, 9.17) is 10.00 Å². The zero-order chi connectivity index (χ0) is 10.8. The van der Waals surface area contributed by atoms with Crippen molar-refractivity contribution in [3.63, 3.8) is 0 Å². The van der Waals surface area contributed by atoms with Gasteiger partial charge in [-0.05, 0) is 18.2 Å². The number of hydrogen-bond acceptors (Lipinski definition) is 3. The summed E-state index contributed by atoms with van der Waals surface area (Å²) in [5.74, 6) is -0.304. The summed E-state index contributed by atoms with van der Waals surface area (Å²) < 4.78 is 18.1. The first-order valence-electron chi connectivity index (χ1n) is 4.29. The molecule has 0 fully saturated rings. The first-order valence-corrected chi connectivity index (χ1v) is 4.29. The second-order valence-electron chi connectivity index (χ2n) is 2.99. The average molecular weight is 202 g/mol. The lowest BCUT2D eigenvalue weighted by atomic mass is 10.2. The van der Waals surface area contributed by atoms with Gasteiger partial charge in [-0.3, -0.25) is 0 Å². The second-order valence-corrected chi connectivity index (χ2v) is 2.99. The van der Waals surface area contributed by atoms with E-state index in [0.717, 1.165) is 5.39 Å². The van der Waals surface area contributed by atoms with Crippen molar-refractivity contribution in [3.05, 3.63) is 35.8 Å². The molecule has 0 radical (unpaired) electrons. The van der Waals surface area contributed by atoms with Crippen LogP contribution in [-0.2, 0) is 0 Å². The van der Waals surface area contributed by atoms with E-state index in [2.05, 4.69) is 4.98 Å². The van der Waals surface area contributed by atoms with Gasteiger partial charge in [0.15, 0.2) is 11.6 Å². The Bertz CT molecular complexity index is 560. The molecule has 15 heavy (non-hydrogen) atoms. The minimum Gasteiger partial charge on any atom is -0.494 e. The van der Waals surface area contributed by atoms with Crippen LogP contribution in [0, 0.1) is 17.1 Å². The number of aromatic nitrogens is 1. The highest BCUT2D eigenvalue weighted by atomic mass is 19.1. The van der Waals surface area contributed by atoms with Crippen LogP contribution >= 0.6 is 0 Å². The molecule has 0 saturated carbocycles. The Morgan fingerprint density at radius 2 is 2.20 bits per heavy atom.